The SMILES string of the molecule is CCCc1ccc(-c2ccc(C(=O)N3CCC(CN)C3)cc2)cc1. The van der Waals surface area contributed by atoms with Crippen molar-refractivity contribution < 1.29 is 4.79 Å². The van der Waals surface area contributed by atoms with Crippen LogP contribution in [0.5, 0.6) is 0 Å². The van der Waals surface area contributed by atoms with E-state index in [1.807, 2.05) is 29.2 Å². The van der Waals surface area contributed by atoms with Crippen molar-refractivity contribution in [3.63, 3.8) is 0 Å². The van der Waals surface area contributed by atoms with Crippen LogP contribution in [-0.2, 0) is 6.42 Å². The van der Waals surface area contributed by atoms with E-state index in [0.717, 1.165) is 43.5 Å². The molecular formula is C21H26N2O. The zero-order valence-electron chi connectivity index (χ0n) is 14.4. The molecule has 2 N–H and O–H groups in total. The van der Waals surface area contributed by atoms with Crippen molar-refractivity contribution in [2.24, 2.45) is 11.7 Å². The lowest BCUT2D eigenvalue weighted by atomic mass is 10.0. The molecule has 0 spiro atoms. The third-order valence-corrected chi connectivity index (χ3v) is 4.86. The Hall–Kier alpha value is -2.13. The van der Waals surface area contributed by atoms with Gasteiger partial charge in [0.15, 0.2) is 0 Å². The number of benzene rings is 2. The van der Waals surface area contributed by atoms with Gasteiger partial charge in [0.05, 0.1) is 0 Å². The first-order valence-corrected chi connectivity index (χ1v) is 8.90. The zero-order valence-corrected chi connectivity index (χ0v) is 14.4. The summed E-state index contributed by atoms with van der Waals surface area (Å²) in [7, 11) is 0. The monoisotopic (exact) mass is 322 g/mol. The van der Waals surface area contributed by atoms with Crippen LogP contribution < -0.4 is 5.73 Å². The van der Waals surface area contributed by atoms with Gasteiger partial charge in [-0.1, -0.05) is 49.7 Å². The Labute approximate surface area is 144 Å². The number of carbonyl (C=O) groups is 1. The minimum Gasteiger partial charge on any atom is -0.338 e. The Morgan fingerprint density at radius 1 is 1.08 bits per heavy atom. The van der Waals surface area contributed by atoms with Crippen LogP contribution in [0.2, 0.25) is 0 Å². The van der Waals surface area contributed by atoms with Crippen molar-refractivity contribution in [3.05, 3.63) is 59.7 Å². The topological polar surface area (TPSA) is 46.3 Å². The highest BCUT2D eigenvalue weighted by Gasteiger charge is 2.25. The summed E-state index contributed by atoms with van der Waals surface area (Å²) in [5.74, 6) is 0.575. The van der Waals surface area contributed by atoms with E-state index >= 15 is 0 Å². The first kappa shape index (κ1) is 16.7. The van der Waals surface area contributed by atoms with Gasteiger partial charge in [-0.3, -0.25) is 4.79 Å². The molecule has 0 bridgehead atoms. The number of aryl methyl sites for hydroxylation is 1. The molecule has 2 aromatic carbocycles. The van der Waals surface area contributed by atoms with Crippen LogP contribution >= 0.6 is 0 Å². The Balaban J connectivity index is 1.70. The molecular weight excluding hydrogens is 296 g/mol. The maximum absolute atomic E-state index is 12.6. The second-order valence-electron chi connectivity index (χ2n) is 6.67. The van der Waals surface area contributed by atoms with Crippen LogP contribution in [0.15, 0.2) is 48.5 Å². The first-order chi connectivity index (χ1) is 11.7. The molecule has 2 aromatic rings. The summed E-state index contributed by atoms with van der Waals surface area (Å²) in [6, 6.07) is 16.7. The van der Waals surface area contributed by atoms with Gasteiger partial charge in [0.25, 0.3) is 5.91 Å². The molecule has 1 saturated heterocycles. The predicted octanol–water partition coefficient (Wildman–Crippen LogP) is 3.73. The summed E-state index contributed by atoms with van der Waals surface area (Å²) < 4.78 is 0. The third kappa shape index (κ3) is 3.68. The summed E-state index contributed by atoms with van der Waals surface area (Å²) in [6.45, 7) is 4.47. The van der Waals surface area contributed by atoms with Crippen LogP contribution in [0.25, 0.3) is 11.1 Å². The van der Waals surface area contributed by atoms with Gasteiger partial charge < -0.3 is 10.6 Å². The molecule has 1 aliphatic heterocycles. The van der Waals surface area contributed by atoms with Gasteiger partial charge in [-0.05, 0) is 54.1 Å². The van der Waals surface area contributed by atoms with Crippen molar-refractivity contribution in [2.45, 2.75) is 26.2 Å². The largest absolute Gasteiger partial charge is 0.338 e. The normalized spacial score (nSPS) is 17.2. The highest BCUT2D eigenvalue weighted by molar-refractivity contribution is 5.94. The third-order valence-electron chi connectivity index (χ3n) is 4.86. The minimum atomic E-state index is 0.121. The van der Waals surface area contributed by atoms with Crippen LogP contribution in [0.1, 0.15) is 35.7 Å². The van der Waals surface area contributed by atoms with E-state index in [9.17, 15) is 4.79 Å². The molecule has 0 radical (unpaired) electrons. The van der Waals surface area contributed by atoms with Crippen LogP contribution in [0, 0.1) is 5.92 Å². The van der Waals surface area contributed by atoms with E-state index in [4.69, 9.17) is 5.73 Å². The number of hydrogen-bond donors (Lipinski definition) is 1. The van der Waals surface area contributed by atoms with Gasteiger partial charge in [-0.2, -0.15) is 0 Å². The molecule has 3 heteroatoms. The summed E-state index contributed by atoms with van der Waals surface area (Å²) in [4.78, 5) is 14.5. The zero-order chi connectivity index (χ0) is 16.9. The molecule has 3 nitrogen and oxygen atoms in total. The first-order valence-electron chi connectivity index (χ1n) is 8.90. The number of amides is 1. The van der Waals surface area contributed by atoms with E-state index in [1.165, 1.54) is 11.1 Å². The van der Waals surface area contributed by atoms with E-state index in [0.29, 0.717) is 12.5 Å². The van der Waals surface area contributed by atoms with E-state index in [1.54, 1.807) is 0 Å². The van der Waals surface area contributed by atoms with Gasteiger partial charge in [-0.25, -0.2) is 0 Å². The molecule has 0 aromatic heterocycles. The molecule has 1 atom stereocenters. The number of hydrogen-bond acceptors (Lipinski definition) is 2. The highest BCUT2D eigenvalue weighted by Crippen LogP contribution is 2.23. The molecule has 24 heavy (non-hydrogen) atoms. The quantitative estimate of drug-likeness (QED) is 0.912. The lowest BCUT2D eigenvalue weighted by molar-refractivity contribution is 0.0787. The summed E-state index contributed by atoms with van der Waals surface area (Å²) >= 11 is 0. The average Bonchev–Trinajstić information content (AvgIpc) is 3.11. The Bertz CT molecular complexity index is 676. The lowest BCUT2D eigenvalue weighted by Crippen LogP contribution is -2.29. The fourth-order valence-electron chi connectivity index (χ4n) is 3.35. The van der Waals surface area contributed by atoms with Crippen molar-refractivity contribution in [1.29, 1.82) is 0 Å². The molecule has 1 amide bonds. The molecule has 126 valence electrons. The lowest BCUT2D eigenvalue weighted by Gasteiger charge is -2.16. The maximum atomic E-state index is 12.6. The number of likely N-dealkylation sites (tertiary alicyclic amines) is 1. The molecule has 1 aliphatic rings. The van der Waals surface area contributed by atoms with Crippen molar-refractivity contribution in [3.8, 4) is 11.1 Å². The number of carbonyl (C=O) groups excluding carboxylic acids is 1. The van der Waals surface area contributed by atoms with Gasteiger partial charge >= 0.3 is 0 Å². The van der Waals surface area contributed by atoms with Crippen molar-refractivity contribution in [2.75, 3.05) is 19.6 Å². The summed E-state index contributed by atoms with van der Waals surface area (Å²) in [5, 5.41) is 0. The fourth-order valence-corrected chi connectivity index (χ4v) is 3.35. The molecule has 1 unspecified atom stereocenters. The molecule has 3 rings (SSSR count). The predicted molar refractivity (Wildman–Crippen MR) is 98.9 cm³/mol. The van der Waals surface area contributed by atoms with E-state index in [-0.39, 0.29) is 5.91 Å². The summed E-state index contributed by atoms with van der Waals surface area (Å²) in [5.41, 5.74) is 10.2. The van der Waals surface area contributed by atoms with Gasteiger partial charge in [-0.15, -0.1) is 0 Å². The second-order valence-corrected chi connectivity index (χ2v) is 6.67. The minimum absolute atomic E-state index is 0.121. The Morgan fingerprint density at radius 2 is 1.71 bits per heavy atom. The Morgan fingerprint density at radius 3 is 2.25 bits per heavy atom. The number of nitrogens with two attached hydrogens (primary N) is 1. The standard InChI is InChI=1S/C21H26N2O/c1-2-3-16-4-6-18(7-5-16)19-8-10-20(11-9-19)21(24)23-13-12-17(14-22)15-23/h4-11,17H,2-3,12-15,22H2,1H3. The highest BCUT2D eigenvalue weighted by atomic mass is 16.2. The molecule has 0 saturated carbocycles. The molecule has 1 heterocycles. The van der Waals surface area contributed by atoms with Crippen molar-refractivity contribution in [1.82, 2.24) is 4.90 Å². The van der Waals surface area contributed by atoms with E-state index < -0.39 is 0 Å². The van der Waals surface area contributed by atoms with Crippen LogP contribution in [-0.4, -0.2) is 30.4 Å². The number of rotatable bonds is 5. The molecule has 1 fully saturated rings. The fraction of sp³-hybridized carbons (Fsp3) is 0.381. The molecule has 0 aliphatic carbocycles. The summed E-state index contributed by atoms with van der Waals surface area (Å²) in [6.07, 6.45) is 3.30. The van der Waals surface area contributed by atoms with Crippen molar-refractivity contribution >= 4 is 5.91 Å². The average molecular weight is 322 g/mol. The van der Waals surface area contributed by atoms with Crippen LogP contribution in [0.4, 0.5) is 0 Å². The second kappa shape index (κ2) is 7.63. The van der Waals surface area contributed by atoms with Gasteiger partial charge in [0.2, 0.25) is 0 Å². The number of nitrogens with zero attached hydrogens (tertiary/aromatic N) is 1. The Kier molecular flexibility index (Phi) is 5.31. The van der Waals surface area contributed by atoms with Gasteiger partial charge in [0, 0.05) is 18.7 Å². The maximum Gasteiger partial charge on any atom is 0.253 e. The van der Waals surface area contributed by atoms with Gasteiger partial charge in [0.1, 0.15) is 0 Å². The van der Waals surface area contributed by atoms with Crippen LogP contribution in [0.3, 0.4) is 0 Å². The van der Waals surface area contributed by atoms with E-state index in [2.05, 4.69) is 31.2 Å². The smallest absolute Gasteiger partial charge is 0.253 e.